The molecule has 172 valence electrons. The van der Waals surface area contributed by atoms with Crippen LogP contribution in [0.15, 0.2) is 91.3 Å². The maximum atomic E-state index is 13.3. The predicted octanol–water partition coefficient (Wildman–Crippen LogP) is 4.56. The van der Waals surface area contributed by atoms with E-state index in [1.807, 2.05) is 36.5 Å². The first-order chi connectivity index (χ1) is 16.8. The van der Waals surface area contributed by atoms with Gasteiger partial charge in [0.05, 0.1) is 11.9 Å². The van der Waals surface area contributed by atoms with Gasteiger partial charge < -0.3 is 10.2 Å². The van der Waals surface area contributed by atoms with Crippen molar-refractivity contribution in [2.24, 2.45) is 0 Å². The fourth-order valence-electron chi connectivity index (χ4n) is 4.97. The van der Waals surface area contributed by atoms with Crippen molar-refractivity contribution in [2.45, 2.75) is 44.3 Å². The van der Waals surface area contributed by atoms with E-state index in [4.69, 9.17) is 0 Å². The summed E-state index contributed by atoms with van der Waals surface area (Å²) in [6.07, 6.45) is 6.74. The van der Waals surface area contributed by atoms with E-state index in [0.717, 1.165) is 43.6 Å². The number of likely N-dealkylation sites (tertiary alicyclic amines) is 1. The highest BCUT2D eigenvalue weighted by molar-refractivity contribution is 5.81. The molecule has 2 aromatic heterocycles. The second-order valence-corrected chi connectivity index (χ2v) is 9.02. The van der Waals surface area contributed by atoms with Crippen LogP contribution in [0.1, 0.15) is 29.7 Å². The fraction of sp³-hybridized carbons (Fsp3) is 0.276. The molecule has 0 bridgehead atoms. The van der Waals surface area contributed by atoms with Crippen LogP contribution in [0, 0.1) is 0 Å². The van der Waals surface area contributed by atoms with Crippen LogP contribution in [0.5, 0.6) is 0 Å². The summed E-state index contributed by atoms with van der Waals surface area (Å²) in [4.78, 5) is 24.2. The number of pyridine rings is 2. The molecule has 4 aromatic rings. The fourth-order valence-corrected chi connectivity index (χ4v) is 4.97. The minimum absolute atomic E-state index is 0.165. The van der Waals surface area contributed by atoms with E-state index in [2.05, 4.69) is 68.7 Å². The average molecular weight is 451 g/mol. The Kier molecular flexibility index (Phi) is 6.91. The van der Waals surface area contributed by atoms with E-state index in [-0.39, 0.29) is 11.9 Å². The first kappa shape index (κ1) is 22.2. The highest BCUT2D eigenvalue weighted by Crippen LogP contribution is 2.24. The molecule has 1 N–H and O–H groups in total. The molecule has 3 heterocycles. The van der Waals surface area contributed by atoms with Gasteiger partial charge in [-0.3, -0.25) is 14.8 Å². The third kappa shape index (κ3) is 5.32. The molecule has 2 aromatic carbocycles. The van der Waals surface area contributed by atoms with E-state index in [9.17, 15) is 4.79 Å². The number of amides is 1. The standard InChI is InChI=1S/C29H30N4O/c34-29(20-24-10-6-7-15-30-24)33-17-14-25(19-26(33)18-22-8-2-1-3-9-22)32-21-23-13-16-31-28-12-5-4-11-27(23)28/h1-13,15-16,25-26,32H,14,17-21H2/t25-,26+/m0/s1. The zero-order chi connectivity index (χ0) is 23.2. The van der Waals surface area contributed by atoms with Crippen molar-refractivity contribution in [1.29, 1.82) is 0 Å². The Hall–Kier alpha value is -3.57. The minimum Gasteiger partial charge on any atom is -0.339 e. The topological polar surface area (TPSA) is 58.1 Å². The summed E-state index contributed by atoms with van der Waals surface area (Å²) in [5.41, 5.74) is 4.39. The van der Waals surface area contributed by atoms with Crippen LogP contribution in [-0.4, -0.2) is 39.4 Å². The minimum atomic E-state index is 0.165. The first-order valence-electron chi connectivity index (χ1n) is 12.1. The van der Waals surface area contributed by atoms with Crippen molar-refractivity contribution < 1.29 is 4.79 Å². The van der Waals surface area contributed by atoms with Gasteiger partial charge in [0.25, 0.3) is 0 Å². The van der Waals surface area contributed by atoms with Crippen LogP contribution in [0.2, 0.25) is 0 Å². The molecule has 2 atom stereocenters. The largest absolute Gasteiger partial charge is 0.339 e. The van der Waals surface area contributed by atoms with Crippen LogP contribution < -0.4 is 5.32 Å². The monoisotopic (exact) mass is 450 g/mol. The third-order valence-electron chi connectivity index (χ3n) is 6.73. The third-order valence-corrected chi connectivity index (χ3v) is 6.73. The Morgan fingerprint density at radius 3 is 2.59 bits per heavy atom. The Bertz CT molecular complexity index is 1220. The molecule has 34 heavy (non-hydrogen) atoms. The molecular formula is C29H30N4O. The molecule has 0 unspecified atom stereocenters. The van der Waals surface area contributed by atoms with E-state index in [1.54, 1.807) is 6.20 Å². The second kappa shape index (κ2) is 10.6. The average Bonchev–Trinajstić information content (AvgIpc) is 2.89. The number of nitrogens with one attached hydrogen (secondary N) is 1. The van der Waals surface area contributed by atoms with Crippen molar-refractivity contribution >= 4 is 16.8 Å². The van der Waals surface area contributed by atoms with E-state index in [0.29, 0.717) is 12.5 Å². The lowest BCUT2D eigenvalue weighted by molar-refractivity contribution is -0.134. The number of hydrogen-bond donors (Lipinski definition) is 1. The van der Waals surface area contributed by atoms with E-state index >= 15 is 0 Å². The van der Waals surface area contributed by atoms with E-state index in [1.165, 1.54) is 16.5 Å². The van der Waals surface area contributed by atoms with Gasteiger partial charge >= 0.3 is 0 Å². The van der Waals surface area contributed by atoms with Crippen LogP contribution in [-0.2, 0) is 24.2 Å². The van der Waals surface area contributed by atoms with Crippen LogP contribution >= 0.6 is 0 Å². The number of fused-ring (bicyclic) bond motifs is 1. The molecule has 0 spiro atoms. The predicted molar refractivity (Wildman–Crippen MR) is 135 cm³/mol. The molecule has 5 rings (SSSR count). The van der Waals surface area contributed by atoms with Crippen LogP contribution in [0.3, 0.4) is 0 Å². The van der Waals surface area contributed by atoms with Gasteiger partial charge in [0.2, 0.25) is 5.91 Å². The molecule has 0 saturated carbocycles. The highest BCUT2D eigenvalue weighted by atomic mass is 16.2. The Balaban J connectivity index is 1.29. The molecule has 1 aliphatic heterocycles. The maximum Gasteiger partial charge on any atom is 0.228 e. The first-order valence-corrected chi connectivity index (χ1v) is 12.1. The number of rotatable bonds is 7. The van der Waals surface area contributed by atoms with Crippen molar-refractivity contribution in [2.75, 3.05) is 6.54 Å². The summed E-state index contributed by atoms with van der Waals surface area (Å²) < 4.78 is 0. The van der Waals surface area contributed by atoms with Gasteiger partial charge in [-0.1, -0.05) is 54.6 Å². The number of hydrogen-bond acceptors (Lipinski definition) is 4. The molecule has 1 aliphatic rings. The van der Waals surface area contributed by atoms with Crippen molar-refractivity contribution in [1.82, 2.24) is 20.2 Å². The lowest BCUT2D eigenvalue weighted by atomic mass is 9.91. The van der Waals surface area contributed by atoms with Gasteiger partial charge in [-0.2, -0.15) is 0 Å². The summed E-state index contributed by atoms with van der Waals surface area (Å²) in [6, 6.07) is 27.2. The van der Waals surface area contributed by atoms with Crippen LogP contribution in [0.25, 0.3) is 10.9 Å². The summed E-state index contributed by atoms with van der Waals surface area (Å²) in [7, 11) is 0. The SMILES string of the molecule is O=C(Cc1ccccn1)N1CC[C@H](NCc2ccnc3ccccc23)C[C@H]1Cc1ccccc1. The van der Waals surface area contributed by atoms with Gasteiger partial charge in [-0.05, 0) is 54.7 Å². The van der Waals surface area contributed by atoms with Crippen molar-refractivity contribution in [3.8, 4) is 0 Å². The Morgan fingerprint density at radius 1 is 0.912 bits per heavy atom. The molecule has 0 radical (unpaired) electrons. The van der Waals surface area contributed by atoms with Gasteiger partial charge in [-0.15, -0.1) is 0 Å². The lowest BCUT2D eigenvalue weighted by Gasteiger charge is -2.40. The summed E-state index contributed by atoms with van der Waals surface area (Å²) in [5, 5.41) is 4.97. The van der Waals surface area contributed by atoms with Crippen molar-refractivity contribution in [3.05, 3.63) is 108 Å². The number of nitrogens with zero attached hydrogens (tertiary/aromatic N) is 3. The summed E-state index contributed by atoms with van der Waals surface area (Å²) >= 11 is 0. The second-order valence-electron chi connectivity index (χ2n) is 9.02. The number of para-hydroxylation sites is 1. The quantitative estimate of drug-likeness (QED) is 0.448. The van der Waals surface area contributed by atoms with Crippen molar-refractivity contribution in [3.63, 3.8) is 0 Å². The molecular weight excluding hydrogens is 420 g/mol. The zero-order valence-corrected chi connectivity index (χ0v) is 19.3. The Labute approximate surface area is 200 Å². The number of benzene rings is 2. The normalized spacial score (nSPS) is 18.2. The van der Waals surface area contributed by atoms with Gasteiger partial charge in [-0.25, -0.2) is 0 Å². The molecule has 1 amide bonds. The number of aromatic nitrogens is 2. The Morgan fingerprint density at radius 2 is 1.74 bits per heavy atom. The molecule has 1 fully saturated rings. The molecule has 5 heteroatoms. The maximum absolute atomic E-state index is 13.3. The lowest BCUT2D eigenvalue weighted by Crippen LogP contribution is -2.52. The highest BCUT2D eigenvalue weighted by Gasteiger charge is 2.31. The van der Waals surface area contributed by atoms with Gasteiger partial charge in [0.15, 0.2) is 0 Å². The molecule has 0 aliphatic carbocycles. The zero-order valence-electron chi connectivity index (χ0n) is 19.3. The van der Waals surface area contributed by atoms with Gasteiger partial charge in [0, 0.05) is 48.6 Å². The number of carbonyl (C=O) groups excluding carboxylic acids is 1. The molecule has 5 nitrogen and oxygen atoms in total. The van der Waals surface area contributed by atoms with Gasteiger partial charge in [0.1, 0.15) is 0 Å². The number of piperidine rings is 1. The summed E-state index contributed by atoms with van der Waals surface area (Å²) in [5.74, 6) is 0.165. The molecule has 1 saturated heterocycles. The van der Waals surface area contributed by atoms with Crippen LogP contribution in [0.4, 0.5) is 0 Å². The summed E-state index contributed by atoms with van der Waals surface area (Å²) in [6.45, 7) is 1.56. The smallest absolute Gasteiger partial charge is 0.228 e. The van der Waals surface area contributed by atoms with E-state index < -0.39 is 0 Å². The number of carbonyl (C=O) groups is 1.